The van der Waals surface area contributed by atoms with Crippen LogP contribution in [0.1, 0.15) is 37.6 Å². The van der Waals surface area contributed by atoms with E-state index in [0.29, 0.717) is 19.3 Å². The molecule has 0 aliphatic heterocycles. The molecule has 4 heteroatoms. The molecule has 32 heavy (non-hydrogen) atoms. The second kappa shape index (κ2) is 8.91. The average Bonchev–Trinajstić information content (AvgIpc) is 3.11. The maximum Gasteiger partial charge on any atom is 0.293 e. The first-order valence-electron chi connectivity index (χ1n) is 11.0. The number of anilines is 1. The van der Waals surface area contributed by atoms with Crippen LogP contribution in [0.5, 0.6) is 0 Å². The highest BCUT2D eigenvalue weighted by Gasteiger charge is 2.20. The standard InChI is InChI=1S/C28H30N2O2/c1-28(2,3)21-11-9-20(10-12-21)27-24-16-22(29)13-14-25(24)30-26(27)17-23(32-18-31)15-19-7-5-4-6-8-19/h4-14,16,18,23,30H,15,17,29H2,1-3H3. The first kappa shape index (κ1) is 21.7. The van der Waals surface area contributed by atoms with Crippen LogP contribution < -0.4 is 5.73 Å². The molecule has 0 radical (unpaired) electrons. The lowest BCUT2D eigenvalue weighted by Gasteiger charge is -2.19. The van der Waals surface area contributed by atoms with E-state index in [-0.39, 0.29) is 11.5 Å². The van der Waals surface area contributed by atoms with E-state index < -0.39 is 0 Å². The molecule has 3 N–H and O–H groups in total. The number of ether oxygens (including phenoxy) is 1. The maximum absolute atomic E-state index is 11.2. The number of carbonyl (C=O) groups is 1. The molecular weight excluding hydrogens is 396 g/mol. The monoisotopic (exact) mass is 426 g/mol. The van der Waals surface area contributed by atoms with Crippen LogP contribution in [0.3, 0.4) is 0 Å². The van der Waals surface area contributed by atoms with Crippen LogP contribution in [-0.2, 0) is 27.8 Å². The van der Waals surface area contributed by atoms with E-state index >= 15 is 0 Å². The van der Waals surface area contributed by atoms with Crippen molar-refractivity contribution in [2.24, 2.45) is 0 Å². The SMILES string of the molecule is CC(C)(C)c1ccc(-c2c(CC(Cc3ccccc3)OC=O)[nH]c3ccc(N)cc23)cc1. The summed E-state index contributed by atoms with van der Waals surface area (Å²) in [4.78, 5) is 14.8. The number of benzene rings is 3. The minimum Gasteiger partial charge on any atom is -0.464 e. The number of carbonyl (C=O) groups excluding carboxylic acids is 1. The number of hydrogen-bond donors (Lipinski definition) is 2. The third kappa shape index (κ3) is 4.70. The summed E-state index contributed by atoms with van der Waals surface area (Å²) in [6.45, 7) is 7.19. The van der Waals surface area contributed by atoms with Crippen molar-refractivity contribution in [2.45, 2.75) is 45.1 Å². The van der Waals surface area contributed by atoms with Crippen molar-refractivity contribution < 1.29 is 9.53 Å². The number of aromatic amines is 1. The van der Waals surface area contributed by atoms with Crippen molar-refractivity contribution in [3.8, 4) is 11.1 Å². The quantitative estimate of drug-likeness (QED) is 0.280. The molecule has 1 unspecified atom stereocenters. The minimum absolute atomic E-state index is 0.0879. The predicted octanol–water partition coefficient (Wildman–Crippen LogP) is 6.04. The number of nitrogens with one attached hydrogen (secondary N) is 1. The van der Waals surface area contributed by atoms with Crippen molar-refractivity contribution in [1.82, 2.24) is 4.98 Å². The van der Waals surface area contributed by atoms with E-state index in [9.17, 15) is 4.79 Å². The first-order chi connectivity index (χ1) is 15.3. The average molecular weight is 427 g/mol. The van der Waals surface area contributed by atoms with Gasteiger partial charge in [0.25, 0.3) is 6.47 Å². The number of nitrogens with two attached hydrogens (primary N) is 1. The third-order valence-corrected chi connectivity index (χ3v) is 5.93. The van der Waals surface area contributed by atoms with Crippen LogP contribution in [0.25, 0.3) is 22.0 Å². The molecule has 0 saturated carbocycles. The van der Waals surface area contributed by atoms with Gasteiger partial charge in [-0.15, -0.1) is 0 Å². The van der Waals surface area contributed by atoms with Crippen LogP contribution in [0.4, 0.5) is 5.69 Å². The molecule has 0 aliphatic carbocycles. The van der Waals surface area contributed by atoms with Gasteiger partial charge in [-0.3, -0.25) is 4.79 Å². The molecule has 4 aromatic rings. The topological polar surface area (TPSA) is 68.1 Å². The van der Waals surface area contributed by atoms with Crippen LogP contribution in [0, 0.1) is 0 Å². The van der Waals surface area contributed by atoms with E-state index in [0.717, 1.165) is 39.0 Å². The molecule has 1 aromatic heterocycles. The molecule has 0 amide bonds. The van der Waals surface area contributed by atoms with Crippen molar-refractivity contribution in [3.63, 3.8) is 0 Å². The van der Waals surface area contributed by atoms with Crippen molar-refractivity contribution in [2.75, 3.05) is 5.73 Å². The molecule has 0 aliphatic rings. The molecule has 4 rings (SSSR count). The van der Waals surface area contributed by atoms with Crippen LogP contribution in [0.2, 0.25) is 0 Å². The Bertz CT molecular complexity index is 1200. The Kier molecular flexibility index (Phi) is 6.04. The van der Waals surface area contributed by atoms with Crippen molar-refractivity contribution >= 4 is 23.1 Å². The smallest absolute Gasteiger partial charge is 0.293 e. The number of fused-ring (bicyclic) bond motifs is 1. The van der Waals surface area contributed by atoms with E-state index in [1.807, 2.05) is 36.4 Å². The number of nitrogen functional groups attached to an aromatic ring is 1. The van der Waals surface area contributed by atoms with E-state index in [2.05, 4.69) is 62.2 Å². The van der Waals surface area contributed by atoms with Gasteiger partial charge in [0.15, 0.2) is 0 Å². The summed E-state index contributed by atoms with van der Waals surface area (Å²) < 4.78 is 5.50. The van der Waals surface area contributed by atoms with Crippen molar-refractivity contribution in [3.05, 3.63) is 89.6 Å². The van der Waals surface area contributed by atoms with Gasteiger partial charge in [0, 0.05) is 40.7 Å². The molecular formula is C28H30N2O2. The fourth-order valence-corrected chi connectivity index (χ4v) is 4.24. The second-order valence-electron chi connectivity index (χ2n) is 9.36. The Morgan fingerprint density at radius 1 is 0.969 bits per heavy atom. The Morgan fingerprint density at radius 2 is 1.69 bits per heavy atom. The molecule has 1 atom stereocenters. The summed E-state index contributed by atoms with van der Waals surface area (Å²) in [6.07, 6.45) is 0.964. The van der Waals surface area contributed by atoms with Crippen LogP contribution >= 0.6 is 0 Å². The summed E-state index contributed by atoms with van der Waals surface area (Å²) in [6, 6.07) is 24.7. The first-order valence-corrected chi connectivity index (χ1v) is 11.0. The zero-order valence-corrected chi connectivity index (χ0v) is 18.9. The fraction of sp³-hybridized carbons (Fsp3) is 0.250. The molecule has 1 heterocycles. The van der Waals surface area contributed by atoms with E-state index in [1.165, 1.54) is 5.56 Å². The summed E-state index contributed by atoms with van der Waals surface area (Å²) in [7, 11) is 0. The van der Waals surface area contributed by atoms with Gasteiger partial charge in [-0.25, -0.2) is 0 Å². The molecule has 0 spiro atoms. The maximum atomic E-state index is 11.2. The van der Waals surface area contributed by atoms with Crippen LogP contribution in [-0.4, -0.2) is 17.6 Å². The van der Waals surface area contributed by atoms with Crippen LogP contribution in [0.15, 0.2) is 72.8 Å². The van der Waals surface area contributed by atoms with Gasteiger partial charge in [-0.1, -0.05) is 75.4 Å². The zero-order valence-electron chi connectivity index (χ0n) is 18.9. The lowest BCUT2D eigenvalue weighted by Crippen LogP contribution is -2.19. The van der Waals surface area contributed by atoms with E-state index in [4.69, 9.17) is 10.5 Å². The highest BCUT2D eigenvalue weighted by Crippen LogP contribution is 2.36. The Labute approximate surface area is 189 Å². The van der Waals surface area contributed by atoms with Gasteiger partial charge in [-0.2, -0.15) is 0 Å². The van der Waals surface area contributed by atoms with Gasteiger partial charge < -0.3 is 15.5 Å². The Hall–Kier alpha value is -3.53. The Morgan fingerprint density at radius 3 is 2.34 bits per heavy atom. The largest absolute Gasteiger partial charge is 0.464 e. The lowest BCUT2D eigenvalue weighted by atomic mass is 9.86. The number of rotatable bonds is 7. The number of aromatic nitrogens is 1. The summed E-state index contributed by atoms with van der Waals surface area (Å²) in [5.41, 5.74) is 13.7. The normalized spacial score (nSPS) is 12.6. The molecule has 4 nitrogen and oxygen atoms in total. The molecule has 0 bridgehead atoms. The highest BCUT2D eigenvalue weighted by molar-refractivity contribution is 5.99. The number of H-pyrrole nitrogens is 1. The fourth-order valence-electron chi connectivity index (χ4n) is 4.24. The molecule has 0 saturated heterocycles. The molecule has 164 valence electrons. The Balaban J connectivity index is 1.76. The molecule has 0 fully saturated rings. The van der Waals surface area contributed by atoms with Gasteiger partial charge in [0.2, 0.25) is 0 Å². The summed E-state index contributed by atoms with van der Waals surface area (Å²) in [5, 5.41) is 1.08. The summed E-state index contributed by atoms with van der Waals surface area (Å²) in [5.74, 6) is 0. The number of hydrogen-bond acceptors (Lipinski definition) is 3. The lowest BCUT2D eigenvalue weighted by molar-refractivity contribution is -0.133. The predicted molar refractivity (Wildman–Crippen MR) is 132 cm³/mol. The van der Waals surface area contributed by atoms with Gasteiger partial charge in [0.05, 0.1) is 0 Å². The van der Waals surface area contributed by atoms with Gasteiger partial charge in [-0.05, 0) is 40.3 Å². The van der Waals surface area contributed by atoms with Crippen molar-refractivity contribution in [1.29, 1.82) is 0 Å². The third-order valence-electron chi connectivity index (χ3n) is 5.93. The molecule has 3 aromatic carbocycles. The van der Waals surface area contributed by atoms with Gasteiger partial charge >= 0.3 is 0 Å². The highest BCUT2D eigenvalue weighted by atomic mass is 16.5. The minimum atomic E-state index is -0.270. The van der Waals surface area contributed by atoms with Gasteiger partial charge in [0.1, 0.15) is 6.10 Å². The zero-order chi connectivity index (χ0) is 22.7. The summed E-state index contributed by atoms with van der Waals surface area (Å²) >= 11 is 0. The van der Waals surface area contributed by atoms with E-state index in [1.54, 1.807) is 0 Å². The second-order valence-corrected chi connectivity index (χ2v) is 9.36.